The first-order valence-electron chi connectivity index (χ1n) is 7.16. The lowest BCUT2D eigenvalue weighted by Gasteiger charge is -2.09. The summed E-state index contributed by atoms with van der Waals surface area (Å²) in [4.78, 5) is 22.2. The van der Waals surface area contributed by atoms with E-state index in [0.717, 1.165) is 29.0 Å². The van der Waals surface area contributed by atoms with Crippen LogP contribution in [-0.2, 0) is 11.2 Å². The van der Waals surface area contributed by atoms with Gasteiger partial charge in [-0.15, -0.1) is 11.3 Å². The molecule has 0 atom stereocenters. The molecule has 0 fully saturated rings. The molecule has 0 radical (unpaired) electrons. The molecule has 2 heterocycles. The van der Waals surface area contributed by atoms with Gasteiger partial charge in [0.25, 0.3) is 0 Å². The number of hydrogen-bond acceptors (Lipinski definition) is 6. The Labute approximate surface area is 128 Å². The van der Waals surface area contributed by atoms with E-state index >= 15 is 0 Å². The molecule has 0 spiro atoms. The van der Waals surface area contributed by atoms with Crippen molar-refractivity contribution in [1.29, 1.82) is 0 Å². The molecule has 2 rings (SSSR count). The molecule has 2 aromatic heterocycles. The minimum absolute atomic E-state index is 0.0261. The number of fused-ring (bicyclic) bond motifs is 1. The van der Waals surface area contributed by atoms with Crippen molar-refractivity contribution in [3.8, 4) is 0 Å². The third-order valence-electron chi connectivity index (χ3n) is 2.92. The summed E-state index contributed by atoms with van der Waals surface area (Å²) in [6, 6.07) is 2.14. The van der Waals surface area contributed by atoms with Gasteiger partial charge in [-0.2, -0.15) is 4.98 Å². The number of amides is 1. The SMILES string of the molecule is CCNc1nc(NCCNC(C)=O)c2cc(CC)sc2n1. The van der Waals surface area contributed by atoms with Crippen LogP contribution < -0.4 is 16.0 Å². The van der Waals surface area contributed by atoms with E-state index in [9.17, 15) is 4.79 Å². The van der Waals surface area contributed by atoms with Crippen LogP contribution in [0.4, 0.5) is 11.8 Å². The van der Waals surface area contributed by atoms with E-state index in [4.69, 9.17) is 0 Å². The first kappa shape index (κ1) is 15.5. The second-order valence-corrected chi connectivity index (χ2v) is 5.74. The summed E-state index contributed by atoms with van der Waals surface area (Å²) in [6.45, 7) is 7.65. The van der Waals surface area contributed by atoms with Crippen molar-refractivity contribution in [2.75, 3.05) is 30.3 Å². The monoisotopic (exact) mass is 307 g/mol. The van der Waals surface area contributed by atoms with Crippen molar-refractivity contribution < 1.29 is 4.79 Å². The zero-order valence-electron chi connectivity index (χ0n) is 12.6. The molecule has 0 aliphatic carbocycles. The van der Waals surface area contributed by atoms with Crippen molar-refractivity contribution in [3.63, 3.8) is 0 Å². The molecule has 21 heavy (non-hydrogen) atoms. The van der Waals surface area contributed by atoms with E-state index in [0.29, 0.717) is 19.0 Å². The number of hydrogen-bond donors (Lipinski definition) is 3. The highest BCUT2D eigenvalue weighted by atomic mass is 32.1. The topological polar surface area (TPSA) is 78.9 Å². The van der Waals surface area contributed by atoms with Gasteiger partial charge in [-0.3, -0.25) is 4.79 Å². The van der Waals surface area contributed by atoms with Gasteiger partial charge in [0.1, 0.15) is 10.6 Å². The summed E-state index contributed by atoms with van der Waals surface area (Å²) in [5.74, 6) is 1.43. The Hall–Kier alpha value is -1.89. The van der Waals surface area contributed by atoms with Gasteiger partial charge in [0.05, 0.1) is 5.39 Å². The van der Waals surface area contributed by atoms with Crippen LogP contribution in [0.1, 0.15) is 25.6 Å². The number of nitrogens with one attached hydrogen (secondary N) is 3. The summed E-state index contributed by atoms with van der Waals surface area (Å²) >= 11 is 1.69. The zero-order valence-corrected chi connectivity index (χ0v) is 13.4. The van der Waals surface area contributed by atoms with Crippen molar-refractivity contribution in [1.82, 2.24) is 15.3 Å². The lowest BCUT2D eigenvalue weighted by Crippen LogP contribution is -2.26. The highest BCUT2D eigenvalue weighted by molar-refractivity contribution is 7.18. The Kier molecular flexibility index (Phi) is 5.32. The van der Waals surface area contributed by atoms with E-state index in [1.807, 2.05) is 6.92 Å². The summed E-state index contributed by atoms with van der Waals surface area (Å²) in [6.07, 6.45) is 0.989. The minimum atomic E-state index is -0.0261. The molecular weight excluding hydrogens is 286 g/mol. The van der Waals surface area contributed by atoms with Crippen LogP contribution in [-0.4, -0.2) is 35.5 Å². The lowest BCUT2D eigenvalue weighted by atomic mass is 10.3. The van der Waals surface area contributed by atoms with Crippen LogP contribution >= 0.6 is 11.3 Å². The second kappa shape index (κ2) is 7.21. The maximum atomic E-state index is 10.9. The third-order valence-corrected chi connectivity index (χ3v) is 4.09. The quantitative estimate of drug-likeness (QED) is 0.684. The van der Waals surface area contributed by atoms with Crippen LogP contribution in [0.2, 0.25) is 0 Å². The molecule has 6 nitrogen and oxygen atoms in total. The molecule has 0 aliphatic heterocycles. The summed E-state index contributed by atoms with van der Waals surface area (Å²) in [7, 11) is 0. The molecule has 0 unspecified atom stereocenters. The van der Waals surface area contributed by atoms with E-state index in [2.05, 4.69) is 38.9 Å². The Morgan fingerprint density at radius 2 is 2.05 bits per heavy atom. The number of thiophene rings is 1. The van der Waals surface area contributed by atoms with Crippen molar-refractivity contribution in [2.45, 2.75) is 27.2 Å². The van der Waals surface area contributed by atoms with Crippen LogP contribution in [0.5, 0.6) is 0 Å². The predicted molar refractivity (Wildman–Crippen MR) is 88.1 cm³/mol. The molecule has 2 aromatic rings. The molecule has 3 N–H and O–H groups in total. The van der Waals surface area contributed by atoms with Gasteiger partial charge in [-0.25, -0.2) is 4.98 Å². The fourth-order valence-electron chi connectivity index (χ4n) is 1.94. The molecule has 1 amide bonds. The van der Waals surface area contributed by atoms with Gasteiger partial charge in [0.2, 0.25) is 11.9 Å². The van der Waals surface area contributed by atoms with Gasteiger partial charge in [0.15, 0.2) is 0 Å². The number of anilines is 2. The largest absolute Gasteiger partial charge is 0.368 e. The number of aryl methyl sites for hydroxylation is 1. The van der Waals surface area contributed by atoms with Gasteiger partial charge in [-0.05, 0) is 19.4 Å². The van der Waals surface area contributed by atoms with E-state index in [1.165, 1.54) is 11.8 Å². The van der Waals surface area contributed by atoms with Crippen molar-refractivity contribution in [2.24, 2.45) is 0 Å². The predicted octanol–water partition coefficient (Wildman–Crippen LogP) is 2.23. The minimum Gasteiger partial charge on any atom is -0.368 e. The lowest BCUT2D eigenvalue weighted by molar-refractivity contribution is -0.118. The third kappa shape index (κ3) is 4.04. The smallest absolute Gasteiger partial charge is 0.226 e. The van der Waals surface area contributed by atoms with Crippen LogP contribution in [0.15, 0.2) is 6.07 Å². The number of aromatic nitrogens is 2. The first-order valence-corrected chi connectivity index (χ1v) is 7.98. The van der Waals surface area contributed by atoms with Crippen LogP contribution in [0.3, 0.4) is 0 Å². The van der Waals surface area contributed by atoms with E-state index in [1.54, 1.807) is 11.3 Å². The summed E-state index contributed by atoms with van der Waals surface area (Å²) in [5.41, 5.74) is 0. The van der Waals surface area contributed by atoms with Gasteiger partial charge < -0.3 is 16.0 Å². The fraction of sp³-hybridized carbons (Fsp3) is 0.500. The molecule has 0 aromatic carbocycles. The molecular formula is C14H21N5OS. The molecule has 0 saturated carbocycles. The summed E-state index contributed by atoms with van der Waals surface area (Å²) < 4.78 is 0. The maximum Gasteiger partial charge on any atom is 0.226 e. The molecule has 7 heteroatoms. The van der Waals surface area contributed by atoms with E-state index in [-0.39, 0.29) is 5.91 Å². The second-order valence-electron chi connectivity index (χ2n) is 4.62. The maximum absolute atomic E-state index is 10.9. The highest BCUT2D eigenvalue weighted by Gasteiger charge is 2.10. The average Bonchev–Trinajstić information content (AvgIpc) is 2.86. The number of carbonyl (C=O) groups is 1. The van der Waals surface area contributed by atoms with Crippen molar-refractivity contribution >= 4 is 39.2 Å². The normalized spacial score (nSPS) is 10.6. The first-order chi connectivity index (χ1) is 10.1. The molecule has 0 bridgehead atoms. The number of rotatable bonds is 7. The average molecular weight is 307 g/mol. The molecule has 0 aliphatic rings. The Bertz CT molecular complexity index is 625. The highest BCUT2D eigenvalue weighted by Crippen LogP contribution is 2.30. The zero-order chi connectivity index (χ0) is 15.2. The van der Waals surface area contributed by atoms with Crippen LogP contribution in [0.25, 0.3) is 10.2 Å². The Morgan fingerprint density at radius 3 is 2.71 bits per heavy atom. The van der Waals surface area contributed by atoms with E-state index < -0.39 is 0 Å². The van der Waals surface area contributed by atoms with Crippen molar-refractivity contribution in [3.05, 3.63) is 10.9 Å². The standard InChI is InChI=1S/C14H21N5OS/c1-4-10-8-11-12(17-7-6-16-9(3)20)18-14(15-5-2)19-13(11)21-10/h8H,4-7H2,1-3H3,(H,16,20)(H2,15,17,18,19). The van der Waals surface area contributed by atoms with Gasteiger partial charge in [0, 0.05) is 31.4 Å². The van der Waals surface area contributed by atoms with Gasteiger partial charge >= 0.3 is 0 Å². The molecule has 0 saturated heterocycles. The number of carbonyl (C=O) groups excluding carboxylic acids is 1. The fourth-order valence-corrected chi connectivity index (χ4v) is 2.90. The Morgan fingerprint density at radius 1 is 1.24 bits per heavy atom. The summed E-state index contributed by atoms with van der Waals surface area (Å²) in [5, 5.41) is 10.2. The number of nitrogens with zero attached hydrogens (tertiary/aromatic N) is 2. The van der Waals surface area contributed by atoms with Crippen LogP contribution in [0, 0.1) is 0 Å². The Balaban J connectivity index is 2.21. The molecule has 114 valence electrons. The van der Waals surface area contributed by atoms with Gasteiger partial charge in [-0.1, -0.05) is 6.92 Å².